The number of fused-ring (bicyclic) bond motifs is 3. The molecule has 0 spiro atoms. The zero-order valence-electron chi connectivity index (χ0n) is 23.3. The van der Waals surface area contributed by atoms with E-state index in [2.05, 4.69) is 16.5 Å². The van der Waals surface area contributed by atoms with E-state index in [4.69, 9.17) is 26.3 Å². The molecule has 0 saturated carbocycles. The minimum absolute atomic E-state index is 0.0113. The summed E-state index contributed by atoms with van der Waals surface area (Å²) in [6, 6.07) is 12.0. The molecule has 3 aliphatic heterocycles. The Bertz CT molecular complexity index is 1790. The summed E-state index contributed by atoms with van der Waals surface area (Å²) < 4.78 is 48.1. The summed E-state index contributed by atoms with van der Waals surface area (Å²) in [7, 11) is 1.85. The third-order valence-electron chi connectivity index (χ3n) is 8.83. The van der Waals surface area contributed by atoms with E-state index in [0.717, 1.165) is 5.39 Å². The molecule has 4 aromatic rings. The molecule has 7 rings (SSSR count). The highest BCUT2D eigenvalue weighted by atomic mass is 35.5. The molecule has 5 heterocycles. The summed E-state index contributed by atoms with van der Waals surface area (Å²) in [5.41, 5.74) is 1.54. The third-order valence-corrected chi connectivity index (χ3v) is 9.20. The van der Waals surface area contributed by atoms with Gasteiger partial charge in [-0.2, -0.15) is 9.97 Å². The Morgan fingerprint density at radius 3 is 2.72 bits per heavy atom. The van der Waals surface area contributed by atoms with Gasteiger partial charge in [0.15, 0.2) is 11.5 Å². The number of likely N-dealkylation sites (tertiary alicyclic amines) is 2. The van der Waals surface area contributed by atoms with E-state index in [1.54, 1.807) is 6.07 Å². The highest BCUT2D eigenvalue weighted by Gasteiger charge is 2.50. The second kappa shape index (κ2) is 10.6. The summed E-state index contributed by atoms with van der Waals surface area (Å²) in [4.78, 5) is 32.0. The zero-order valence-corrected chi connectivity index (χ0v) is 24.1. The molecule has 8 nitrogen and oxygen atoms in total. The molecule has 43 heavy (non-hydrogen) atoms. The van der Waals surface area contributed by atoms with E-state index in [0.29, 0.717) is 66.0 Å². The Kier molecular flexibility index (Phi) is 6.89. The smallest absolute Gasteiger partial charge is 0.320 e. The molecule has 222 valence electrons. The monoisotopic (exact) mass is 608 g/mol. The summed E-state index contributed by atoms with van der Waals surface area (Å²) in [5, 5.41) is 1.99. The molecule has 3 fully saturated rings. The molecule has 3 saturated heterocycles. The number of rotatable bonds is 6. The van der Waals surface area contributed by atoms with Gasteiger partial charge in [-0.3, -0.25) is 9.69 Å². The summed E-state index contributed by atoms with van der Waals surface area (Å²) >= 11 is 6.41. The van der Waals surface area contributed by atoms with Crippen LogP contribution in [0, 0.1) is 5.82 Å². The van der Waals surface area contributed by atoms with Crippen LogP contribution < -0.4 is 9.64 Å². The molecule has 0 unspecified atom stereocenters. The van der Waals surface area contributed by atoms with Crippen LogP contribution in [0.25, 0.3) is 33.1 Å². The van der Waals surface area contributed by atoms with E-state index in [1.165, 1.54) is 11.0 Å². The number of alkyl halides is 1. The number of ether oxygens (including phenoxy) is 1. The highest BCUT2D eigenvalue weighted by molar-refractivity contribution is 6.36. The van der Waals surface area contributed by atoms with E-state index in [1.807, 2.05) is 42.3 Å². The number of hydrogen-bond donors (Lipinski definition) is 0. The summed E-state index contributed by atoms with van der Waals surface area (Å²) in [6.07, 6.45) is 0.0821. The van der Waals surface area contributed by atoms with Crippen molar-refractivity contribution in [3.63, 3.8) is 0 Å². The molecular weight excluding hydrogens is 581 g/mol. The van der Waals surface area contributed by atoms with Gasteiger partial charge in [0, 0.05) is 36.6 Å². The van der Waals surface area contributed by atoms with Crippen molar-refractivity contribution in [1.82, 2.24) is 24.8 Å². The number of likely N-dealkylation sites (N-methyl/N-ethyl adjacent to an activating group) is 1. The molecular formula is C31H28ClF3N6O2. The SMILES string of the molecule is C=C(F)C(=O)N1CC[C@H]2[C@H]1CN2c1nc(OC[C@@H]2C[C@@H](F)CN2C)nc2nc(-c3cccc4ccc(F)c(Cl)c34)ccc12. The summed E-state index contributed by atoms with van der Waals surface area (Å²) in [6.45, 7) is 4.57. The zero-order chi connectivity index (χ0) is 30.0. The van der Waals surface area contributed by atoms with Gasteiger partial charge in [-0.05, 0) is 43.5 Å². The molecule has 0 bridgehead atoms. The quantitative estimate of drug-likeness (QED) is 0.274. The van der Waals surface area contributed by atoms with Gasteiger partial charge in [-0.15, -0.1) is 0 Å². The van der Waals surface area contributed by atoms with Gasteiger partial charge in [0.05, 0.1) is 28.2 Å². The molecule has 0 radical (unpaired) electrons. The van der Waals surface area contributed by atoms with Gasteiger partial charge in [0.25, 0.3) is 5.91 Å². The predicted molar refractivity (Wildman–Crippen MR) is 158 cm³/mol. The first-order valence-corrected chi connectivity index (χ1v) is 14.5. The van der Waals surface area contributed by atoms with Crippen LogP contribution in [0.2, 0.25) is 5.02 Å². The fourth-order valence-electron chi connectivity index (χ4n) is 6.58. The molecule has 2 aromatic carbocycles. The van der Waals surface area contributed by atoms with Crippen molar-refractivity contribution < 1.29 is 22.7 Å². The van der Waals surface area contributed by atoms with Gasteiger partial charge in [-0.1, -0.05) is 42.4 Å². The molecule has 1 amide bonds. The molecule has 3 aliphatic rings. The Hall–Kier alpha value is -3.96. The minimum atomic E-state index is -0.972. The molecule has 2 aromatic heterocycles. The minimum Gasteiger partial charge on any atom is -0.462 e. The molecule has 0 aliphatic carbocycles. The molecule has 0 N–H and O–H groups in total. The maximum atomic E-state index is 14.5. The lowest BCUT2D eigenvalue weighted by molar-refractivity contribution is -0.130. The van der Waals surface area contributed by atoms with Crippen LogP contribution in [0.15, 0.2) is 54.9 Å². The van der Waals surface area contributed by atoms with E-state index >= 15 is 0 Å². The Morgan fingerprint density at radius 2 is 1.95 bits per heavy atom. The lowest BCUT2D eigenvalue weighted by Gasteiger charge is -2.47. The molecule has 12 heteroatoms. The van der Waals surface area contributed by atoms with Crippen LogP contribution >= 0.6 is 11.6 Å². The molecule has 4 atom stereocenters. The van der Waals surface area contributed by atoms with Crippen LogP contribution in [-0.2, 0) is 4.79 Å². The van der Waals surface area contributed by atoms with Crippen molar-refractivity contribution in [2.45, 2.75) is 37.1 Å². The Balaban J connectivity index is 1.28. The average molecular weight is 609 g/mol. The van der Waals surface area contributed by atoms with E-state index in [-0.39, 0.29) is 35.8 Å². The number of halogens is 4. The first-order valence-electron chi connectivity index (χ1n) is 14.1. The number of carbonyl (C=O) groups excluding carboxylic acids is 1. The number of amides is 1. The average Bonchev–Trinajstić information content (AvgIpc) is 3.49. The van der Waals surface area contributed by atoms with Crippen molar-refractivity contribution in [1.29, 1.82) is 0 Å². The fourth-order valence-corrected chi connectivity index (χ4v) is 6.85. The Morgan fingerprint density at radius 1 is 1.12 bits per heavy atom. The number of anilines is 1. The topological polar surface area (TPSA) is 74.7 Å². The second-order valence-electron chi connectivity index (χ2n) is 11.4. The predicted octanol–water partition coefficient (Wildman–Crippen LogP) is 5.33. The number of pyridine rings is 1. The van der Waals surface area contributed by atoms with Crippen molar-refractivity contribution in [3.8, 4) is 17.3 Å². The standard InChI is InChI=1S/C31H28ClF3N6O2/c1-16(33)30(42)40-11-10-24-25(40)14-41(24)29-21-7-9-23(20-5-3-4-17-6-8-22(35)27(32)26(17)20)36-28(21)37-31(38-29)43-15-19-12-18(34)13-39(19)2/h3-9,18-19,24-25H,1,10-15H2,2H3/t18-,19+,24+,25-/m1/s1. The number of aromatic nitrogens is 3. The normalized spacial score (nSPS) is 23.6. The van der Waals surface area contributed by atoms with Crippen LogP contribution in [0.1, 0.15) is 12.8 Å². The lowest BCUT2D eigenvalue weighted by atomic mass is 9.96. The van der Waals surface area contributed by atoms with Crippen LogP contribution in [0.3, 0.4) is 0 Å². The number of benzene rings is 2. The number of hydrogen-bond acceptors (Lipinski definition) is 7. The third kappa shape index (κ3) is 4.75. The van der Waals surface area contributed by atoms with E-state index in [9.17, 15) is 18.0 Å². The van der Waals surface area contributed by atoms with E-state index < -0.39 is 23.7 Å². The largest absolute Gasteiger partial charge is 0.462 e. The Labute approximate surface area is 250 Å². The van der Waals surface area contributed by atoms with Crippen molar-refractivity contribution in [2.24, 2.45) is 0 Å². The second-order valence-corrected chi connectivity index (χ2v) is 11.8. The first-order chi connectivity index (χ1) is 20.7. The van der Waals surface area contributed by atoms with Gasteiger partial charge < -0.3 is 14.5 Å². The van der Waals surface area contributed by atoms with Gasteiger partial charge >= 0.3 is 6.01 Å². The first kappa shape index (κ1) is 27.8. The van der Waals surface area contributed by atoms with Gasteiger partial charge in [-0.25, -0.2) is 18.2 Å². The summed E-state index contributed by atoms with van der Waals surface area (Å²) in [5.74, 6) is -1.60. The maximum absolute atomic E-state index is 14.5. The van der Waals surface area contributed by atoms with Crippen molar-refractivity contribution in [3.05, 3.63) is 65.7 Å². The number of carbonyl (C=O) groups is 1. The van der Waals surface area contributed by atoms with Crippen LogP contribution in [0.5, 0.6) is 6.01 Å². The maximum Gasteiger partial charge on any atom is 0.320 e. The van der Waals surface area contributed by atoms with Gasteiger partial charge in [0.2, 0.25) is 0 Å². The van der Waals surface area contributed by atoms with Gasteiger partial charge in [0.1, 0.15) is 24.4 Å². The van der Waals surface area contributed by atoms with Crippen molar-refractivity contribution in [2.75, 3.05) is 38.2 Å². The lowest BCUT2D eigenvalue weighted by Crippen LogP contribution is -2.63. The van der Waals surface area contributed by atoms with Crippen LogP contribution in [-0.4, -0.2) is 88.2 Å². The fraction of sp³-hybridized carbons (Fsp3) is 0.355. The highest BCUT2D eigenvalue weighted by Crippen LogP contribution is 2.41. The van der Waals surface area contributed by atoms with Crippen LogP contribution in [0.4, 0.5) is 19.0 Å². The number of nitrogens with zero attached hydrogens (tertiary/aromatic N) is 6. The van der Waals surface area contributed by atoms with Crippen molar-refractivity contribution >= 4 is 45.1 Å².